The average molecular weight is 306 g/mol. The van der Waals surface area contributed by atoms with E-state index in [0.717, 1.165) is 44.9 Å². The fourth-order valence-corrected chi connectivity index (χ4v) is 6.96. The van der Waals surface area contributed by atoms with Crippen molar-refractivity contribution in [2.75, 3.05) is 0 Å². The lowest BCUT2D eigenvalue weighted by Gasteiger charge is -2.64. The first-order chi connectivity index (χ1) is 10.3. The maximum atomic E-state index is 11.9. The van der Waals surface area contributed by atoms with Crippen molar-refractivity contribution < 1.29 is 15.0 Å². The van der Waals surface area contributed by atoms with Gasteiger partial charge in [-0.25, -0.2) is 0 Å². The van der Waals surface area contributed by atoms with Crippen LogP contribution in [-0.2, 0) is 4.79 Å². The largest absolute Gasteiger partial charge is 0.393 e. The summed E-state index contributed by atoms with van der Waals surface area (Å²) in [6, 6.07) is 0. The topological polar surface area (TPSA) is 57.5 Å². The molecule has 4 saturated carbocycles. The minimum absolute atomic E-state index is 0.00454. The highest BCUT2D eigenvalue weighted by Gasteiger charge is 2.66. The van der Waals surface area contributed by atoms with E-state index in [-0.39, 0.29) is 16.9 Å². The van der Waals surface area contributed by atoms with Crippen LogP contribution < -0.4 is 0 Å². The second-order valence-corrected chi connectivity index (χ2v) is 9.17. The van der Waals surface area contributed by atoms with E-state index in [1.165, 1.54) is 0 Å². The van der Waals surface area contributed by atoms with Crippen LogP contribution in [0.5, 0.6) is 0 Å². The Morgan fingerprint density at radius 1 is 1.00 bits per heavy atom. The Balaban J connectivity index is 1.71. The molecular formula is C19H30O3. The van der Waals surface area contributed by atoms with Crippen molar-refractivity contribution in [3.63, 3.8) is 0 Å². The number of Topliss-reactive ketones (excluding diaryl/α,β-unsaturated/α-hetero) is 1. The van der Waals surface area contributed by atoms with Gasteiger partial charge in [0, 0.05) is 18.3 Å². The monoisotopic (exact) mass is 306 g/mol. The highest BCUT2D eigenvalue weighted by molar-refractivity contribution is 5.79. The van der Waals surface area contributed by atoms with Crippen molar-refractivity contribution in [3.8, 4) is 0 Å². The smallest absolute Gasteiger partial charge is 0.133 e. The van der Waals surface area contributed by atoms with E-state index >= 15 is 0 Å². The standard InChI is InChI=1S/C19H30O3/c1-17-9-10-19(22)15(14(17)5-6-16(17)21)4-3-12-11-13(20)7-8-18(12,19)2/h12,14-16,21-22H,3-11H2,1-2H3/t12-,14?,15?,16?,17?,18?,19+/m0/s1. The lowest BCUT2D eigenvalue weighted by Crippen LogP contribution is -2.65. The first kappa shape index (κ1) is 15.1. The Kier molecular flexibility index (Phi) is 3.14. The summed E-state index contributed by atoms with van der Waals surface area (Å²) in [6.07, 6.45) is 7.80. The van der Waals surface area contributed by atoms with Crippen molar-refractivity contribution >= 4 is 5.78 Å². The summed E-state index contributed by atoms with van der Waals surface area (Å²) in [7, 11) is 0. The molecule has 0 aliphatic heterocycles. The number of hydrogen-bond donors (Lipinski definition) is 2. The number of hydrogen-bond acceptors (Lipinski definition) is 3. The van der Waals surface area contributed by atoms with E-state index in [4.69, 9.17) is 0 Å². The Morgan fingerprint density at radius 2 is 1.73 bits per heavy atom. The molecule has 2 N–H and O–H groups in total. The molecule has 0 radical (unpaired) electrons. The van der Waals surface area contributed by atoms with Gasteiger partial charge in [-0.15, -0.1) is 0 Å². The third-order valence-electron chi connectivity index (χ3n) is 8.62. The van der Waals surface area contributed by atoms with Gasteiger partial charge in [0.25, 0.3) is 0 Å². The van der Waals surface area contributed by atoms with Crippen molar-refractivity contribution in [2.24, 2.45) is 28.6 Å². The molecule has 0 aromatic heterocycles. The van der Waals surface area contributed by atoms with E-state index in [2.05, 4.69) is 13.8 Å². The van der Waals surface area contributed by atoms with Crippen LogP contribution in [0.4, 0.5) is 0 Å². The number of rotatable bonds is 0. The fraction of sp³-hybridized carbons (Fsp3) is 0.947. The zero-order valence-corrected chi connectivity index (χ0v) is 14.0. The number of aliphatic hydroxyl groups excluding tert-OH is 1. The Bertz CT molecular complexity index is 503. The number of ketones is 1. The van der Waals surface area contributed by atoms with Crippen LogP contribution in [-0.4, -0.2) is 27.7 Å². The molecule has 4 aliphatic rings. The van der Waals surface area contributed by atoms with Crippen LogP contribution in [0.2, 0.25) is 0 Å². The minimum Gasteiger partial charge on any atom is -0.393 e. The lowest BCUT2D eigenvalue weighted by molar-refractivity contribution is -0.235. The molecule has 0 spiro atoms. The summed E-state index contributed by atoms with van der Waals surface area (Å²) in [5.74, 6) is 1.53. The van der Waals surface area contributed by atoms with Gasteiger partial charge in [-0.2, -0.15) is 0 Å². The number of aliphatic hydroxyl groups is 2. The van der Waals surface area contributed by atoms with Crippen LogP contribution in [0, 0.1) is 28.6 Å². The SMILES string of the molecule is CC12CC[C@@]3(O)C(CC[C@H]4CC(=O)CCC43C)C1CCC2O. The zero-order chi connectivity index (χ0) is 15.8. The van der Waals surface area contributed by atoms with Gasteiger partial charge in [-0.05, 0) is 68.1 Å². The van der Waals surface area contributed by atoms with Crippen LogP contribution in [0.1, 0.15) is 71.6 Å². The summed E-state index contributed by atoms with van der Waals surface area (Å²) >= 11 is 0. The molecular weight excluding hydrogens is 276 g/mol. The van der Waals surface area contributed by atoms with Crippen molar-refractivity contribution in [2.45, 2.75) is 83.3 Å². The summed E-state index contributed by atoms with van der Waals surface area (Å²) in [5, 5.41) is 22.2. The van der Waals surface area contributed by atoms with Gasteiger partial charge in [0.2, 0.25) is 0 Å². The Labute approximate surface area is 133 Å². The average Bonchev–Trinajstić information content (AvgIpc) is 2.77. The predicted molar refractivity (Wildman–Crippen MR) is 84.2 cm³/mol. The van der Waals surface area contributed by atoms with Crippen molar-refractivity contribution in [1.29, 1.82) is 0 Å². The van der Waals surface area contributed by atoms with Gasteiger partial charge < -0.3 is 10.2 Å². The molecule has 0 saturated heterocycles. The molecule has 0 aromatic rings. The molecule has 4 rings (SSSR count). The lowest BCUT2D eigenvalue weighted by atomic mass is 9.43. The van der Waals surface area contributed by atoms with Gasteiger partial charge in [-0.1, -0.05) is 13.8 Å². The van der Waals surface area contributed by atoms with Crippen molar-refractivity contribution in [1.82, 2.24) is 0 Å². The maximum Gasteiger partial charge on any atom is 0.133 e. The van der Waals surface area contributed by atoms with Gasteiger partial charge in [0.1, 0.15) is 5.78 Å². The first-order valence-corrected chi connectivity index (χ1v) is 9.23. The molecule has 0 amide bonds. The first-order valence-electron chi connectivity index (χ1n) is 9.23. The van der Waals surface area contributed by atoms with E-state index in [9.17, 15) is 15.0 Å². The molecule has 22 heavy (non-hydrogen) atoms. The van der Waals surface area contributed by atoms with Crippen molar-refractivity contribution in [3.05, 3.63) is 0 Å². The highest BCUT2D eigenvalue weighted by Crippen LogP contribution is 2.67. The summed E-state index contributed by atoms with van der Waals surface area (Å²) in [4.78, 5) is 11.9. The quantitative estimate of drug-likeness (QED) is 0.723. The van der Waals surface area contributed by atoms with Gasteiger partial charge in [0.15, 0.2) is 0 Å². The van der Waals surface area contributed by atoms with E-state index in [1.54, 1.807) is 0 Å². The van der Waals surface area contributed by atoms with E-state index in [0.29, 0.717) is 36.4 Å². The van der Waals surface area contributed by atoms with E-state index in [1.807, 2.05) is 0 Å². The van der Waals surface area contributed by atoms with Crippen LogP contribution in [0.3, 0.4) is 0 Å². The summed E-state index contributed by atoms with van der Waals surface area (Å²) < 4.78 is 0. The number of fused-ring (bicyclic) bond motifs is 5. The minimum atomic E-state index is -0.620. The fourth-order valence-electron chi connectivity index (χ4n) is 6.96. The molecule has 5 unspecified atom stereocenters. The maximum absolute atomic E-state index is 11.9. The molecule has 0 bridgehead atoms. The Morgan fingerprint density at radius 3 is 2.50 bits per heavy atom. The zero-order valence-electron chi connectivity index (χ0n) is 14.0. The molecule has 4 aliphatic carbocycles. The van der Waals surface area contributed by atoms with Crippen LogP contribution in [0.15, 0.2) is 0 Å². The molecule has 3 heteroatoms. The van der Waals surface area contributed by atoms with Crippen LogP contribution >= 0.6 is 0 Å². The Hall–Kier alpha value is -0.410. The normalized spacial score (nSPS) is 57.9. The second-order valence-electron chi connectivity index (χ2n) is 9.17. The van der Waals surface area contributed by atoms with Crippen LogP contribution in [0.25, 0.3) is 0 Å². The van der Waals surface area contributed by atoms with Gasteiger partial charge in [-0.3, -0.25) is 4.79 Å². The number of carbonyl (C=O) groups is 1. The predicted octanol–water partition coefficient (Wildman–Crippen LogP) is 3.07. The molecule has 0 aromatic carbocycles. The highest BCUT2D eigenvalue weighted by atomic mass is 16.3. The summed E-state index contributed by atoms with van der Waals surface area (Å²) in [6.45, 7) is 4.50. The number of carbonyl (C=O) groups excluding carboxylic acids is 1. The molecule has 3 nitrogen and oxygen atoms in total. The van der Waals surface area contributed by atoms with E-state index < -0.39 is 5.60 Å². The molecule has 0 heterocycles. The van der Waals surface area contributed by atoms with Gasteiger partial charge in [0.05, 0.1) is 11.7 Å². The third kappa shape index (κ3) is 1.67. The molecule has 7 atom stereocenters. The summed E-state index contributed by atoms with van der Waals surface area (Å²) in [5.41, 5.74) is -0.714. The third-order valence-corrected chi connectivity index (χ3v) is 8.62. The van der Waals surface area contributed by atoms with Gasteiger partial charge >= 0.3 is 0 Å². The molecule has 4 fully saturated rings. The second kappa shape index (κ2) is 4.57. The molecule has 124 valence electrons.